The van der Waals surface area contributed by atoms with E-state index in [1.807, 2.05) is 43.3 Å². The highest BCUT2D eigenvalue weighted by molar-refractivity contribution is 9.10. The van der Waals surface area contributed by atoms with E-state index in [2.05, 4.69) is 36.2 Å². The number of pyridine rings is 1. The molecule has 5 nitrogen and oxygen atoms in total. The molecule has 24 heavy (non-hydrogen) atoms. The van der Waals surface area contributed by atoms with Crippen LogP contribution in [-0.4, -0.2) is 21.5 Å². The smallest absolute Gasteiger partial charge is 0.248 e. The summed E-state index contributed by atoms with van der Waals surface area (Å²) in [6, 6.07) is 13.3. The average molecular weight is 385 g/mol. The highest BCUT2D eigenvalue weighted by atomic mass is 79.9. The first-order valence-corrected chi connectivity index (χ1v) is 8.42. The van der Waals surface area contributed by atoms with Gasteiger partial charge in [0.05, 0.1) is 0 Å². The van der Waals surface area contributed by atoms with Crippen molar-refractivity contribution < 1.29 is 0 Å². The van der Waals surface area contributed by atoms with Crippen LogP contribution in [0.3, 0.4) is 0 Å². The predicted octanol–water partition coefficient (Wildman–Crippen LogP) is 3.56. The Bertz CT molecular complexity index is 890. The van der Waals surface area contributed by atoms with E-state index in [0.29, 0.717) is 12.4 Å². The number of nitrogens with zero attached hydrogens (tertiary/aromatic N) is 2. The quantitative estimate of drug-likeness (QED) is 0.705. The fraction of sp³-hybridized carbons (Fsp3) is 0.167. The minimum absolute atomic E-state index is 0.0806. The van der Waals surface area contributed by atoms with Gasteiger partial charge in [0.2, 0.25) is 5.56 Å². The fourth-order valence-electron chi connectivity index (χ4n) is 2.37. The van der Waals surface area contributed by atoms with Crippen molar-refractivity contribution >= 4 is 21.7 Å². The standard InChI is InChI=1S/C18H17BrN4O/c1-12-10-16(20-8-6-13-7-9-21-17(24)11-13)23-18(22-12)14-2-4-15(19)5-3-14/h2-5,7,9-11H,6,8H2,1H3,(H,21,24)(H,20,22,23). The summed E-state index contributed by atoms with van der Waals surface area (Å²) in [4.78, 5) is 23.0. The van der Waals surface area contributed by atoms with Crippen molar-refractivity contribution in [1.82, 2.24) is 15.0 Å². The Hall–Kier alpha value is -2.47. The molecular weight excluding hydrogens is 368 g/mol. The van der Waals surface area contributed by atoms with E-state index in [1.165, 1.54) is 0 Å². The molecule has 2 heterocycles. The highest BCUT2D eigenvalue weighted by Gasteiger charge is 2.05. The number of aryl methyl sites for hydroxylation is 1. The van der Waals surface area contributed by atoms with Gasteiger partial charge in [0.25, 0.3) is 0 Å². The van der Waals surface area contributed by atoms with Gasteiger partial charge in [-0.15, -0.1) is 0 Å². The van der Waals surface area contributed by atoms with E-state index in [1.54, 1.807) is 12.3 Å². The lowest BCUT2D eigenvalue weighted by molar-refractivity contribution is 0.985. The Morgan fingerprint density at radius 2 is 1.92 bits per heavy atom. The van der Waals surface area contributed by atoms with Crippen LogP contribution in [0.25, 0.3) is 11.4 Å². The molecule has 2 N–H and O–H groups in total. The Kier molecular flexibility index (Phi) is 5.05. The lowest BCUT2D eigenvalue weighted by Gasteiger charge is -2.09. The summed E-state index contributed by atoms with van der Waals surface area (Å²) in [6.07, 6.45) is 2.42. The molecule has 0 aliphatic heterocycles. The number of benzene rings is 1. The number of H-pyrrole nitrogens is 1. The van der Waals surface area contributed by atoms with Crippen LogP contribution >= 0.6 is 15.9 Å². The first-order valence-electron chi connectivity index (χ1n) is 7.63. The van der Waals surface area contributed by atoms with Crippen LogP contribution in [0, 0.1) is 6.92 Å². The minimum atomic E-state index is -0.0806. The third kappa shape index (κ3) is 4.29. The van der Waals surface area contributed by atoms with Crippen molar-refractivity contribution in [2.45, 2.75) is 13.3 Å². The molecule has 0 fully saturated rings. The molecule has 3 aromatic rings. The number of aromatic amines is 1. The Labute approximate surface area is 148 Å². The van der Waals surface area contributed by atoms with Crippen molar-refractivity contribution in [2.24, 2.45) is 0 Å². The molecule has 122 valence electrons. The monoisotopic (exact) mass is 384 g/mol. The van der Waals surface area contributed by atoms with Gasteiger partial charge < -0.3 is 10.3 Å². The van der Waals surface area contributed by atoms with E-state index < -0.39 is 0 Å². The molecule has 0 saturated heterocycles. The molecule has 0 atom stereocenters. The third-order valence-electron chi connectivity index (χ3n) is 3.52. The summed E-state index contributed by atoms with van der Waals surface area (Å²) < 4.78 is 1.02. The zero-order valence-corrected chi connectivity index (χ0v) is 14.8. The summed E-state index contributed by atoms with van der Waals surface area (Å²) in [7, 11) is 0. The molecule has 0 aliphatic rings. The summed E-state index contributed by atoms with van der Waals surface area (Å²) in [6.45, 7) is 2.64. The van der Waals surface area contributed by atoms with E-state index in [9.17, 15) is 4.79 Å². The number of nitrogens with one attached hydrogen (secondary N) is 2. The van der Waals surface area contributed by atoms with E-state index >= 15 is 0 Å². The maximum atomic E-state index is 11.3. The fourth-order valence-corrected chi connectivity index (χ4v) is 2.63. The second-order valence-corrected chi connectivity index (χ2v) is 6.38. The first kappa shape index (κ1) is 16.4. The normalized spacial score (nSPS) is 10.6. The number of aromatic nitrogens is 3. The van der Waals surface area contributed by atoms with Gasteiger partial charge >= 0.3 is 0 Å². The average Bonchev–Trinajstić information content (AvgIpc) is 2.55. The summed E-state index contributed by atoms with van der Waals surface area (Å²) in [5, 5.41) is 3.30. The van der Waals surface area contributed by atoms with Crippen molar-refractivity contribution in [3.63, 3.8) is 0 Å². The zero-order valence-electron chi connectivity index (χ0n) is 13.2. The van der Waals surface area contributed by atoms with Crippen molar-refractivity contribution in [2.75, 3.05) is 11.9 Å². The van der Waals surface area contributed by atoms with Gasteiger partial charge in [-0.1, -0.05) is 28.1 Å². The zero-order chi connectivity index (χ0) is 16.9. The van der Waals surface area contributed by atoms with Gasteiger partial charge in [-0.25, -0.2) is 9.97 Å². The van der Waals surface area contributed by atoms with E-state index in [0.717, 1.165) is 33.5 Å². The minimum Gasteiger partial charge on any atom is -0.370 e. The SMILES string of the molecule is Cc1cc(NCCc2cc[nH]c(=O)c2)nc(-c2ccc(Br)cc2)n1. The van der Waals surface area contributed by atoms with Crippen molar-refractivity contribution in [1.29, 1.82) is 0 Å². The van der Waals surface area contributed by atoms with E-state index in [-0.39, 0.29) is 5.56 Å². The number of rotatable bonds is 5. The van der Waals surface area contributed by atoms with Gasteiger partial charge in [0.1, 0.15) is 5.82 Å². The topological polar surface area (TPSA) is 70.7 Å². The molecule has 0 radical (unpaired) electrons. The summed E-state index contributed by atoms with van der Waals surface area (Å²) in [5.41, 5.74) is 2.79. The van der Waals surface area contributed by atoms with Crippen LogP contribution in [0.1, 0.15) is 11.3 Å². The lowest BCUT2D eigenvalue weighted by atomic mass is 10.2. The van der Waals surface area contributed by atoms with E-state index in [4.69, 9.17) is 0 Å². The molecular formula is C18H17BrN4O. The molecule has 0 spiro atoms. The summed E-state index contributed by atoms with van der Waals surface area (Å²) in [5.74, 6) is 1.48. The number of halogens is 1. The second kappa shape index (κ2) is 7.40. The van der Waals surface area contributed by atoms with Gasteiger partial charge in [0, 0.05) is 40.6 Å². The molecule has 0 bridgehead atoms. The largest absolute Gasteiger partial charge is 0.370 e. The van der Waals surface area contributed by atoms with Gasteiger partial charge in [-0.05, 0) is 37.1 Å². The molecule has 0 aliphatic carbocycles. The molecule has 1 aromatic carbocycles. The molecule has 0 amide bonds. The molecule has 0 unspecified atom stereocenters. The third-order valence-corrected chi connectivity index (χ3v) is 4.04. The van der Waals surface area contributed by atoms with Crippen LogP contribution in [0.4, 0.5) is 5.82 Å². The molecule has 6 heteroatoms. The maximum absolute atomic E-state index is 11.3. The Morgan fingerprint density at radius 3 is 2.67 bits per heavy atom. The summed E-state index contributed by atoms with van der Waals surface area (Å²) >= 11 is 3.43. The molecule has 0 saturated carbocycles. The van der Waals surface area contributed by atoms with Crippen LogP contribution < -0.4 is 10.9 Å². The Balaban J connectivity index is 1.72. The highest BCUT2D eigenvalue weighted by Crippen LogP contribution is 2.20. The predicted molar refractivity (Wildman–Crippen MR) is 99.2 cm³/mol. The van der Waals surface area contributed by atoms with Crippen LogP contribution in [0.5, 0.6) is 0 Å². The van der Waals surface area contributed by atoms with Crippen molar-refractivity contribution in [3.05, 3.63) is 74.7 Å². The van der Waals surface area contributed by atoms with Crippen molar-refractivity contribution in [3.8, 4) is 11.4 Å². The Morgan fingerprint density at radius 1 is 1.12 bits per heavy atom. The van der Waals surface area contributed by atoms with Gasteiger partial charge in [-0.2, -0.15) is 0 Å². The first-order chi connectivity index (χ1) is 11.6. The van der Waals surface area contributed by atoms with Crippen LogP contribution in [-0.2, 0) is 6.42 Å². The maximum Gasteiger partial charge on any atom is 0.248 e. The van der Waals surface area contributed by atoms with Gasteiger partial charge in [-0.3, -0.25) is 4.79 Å². The molecule has 3 rings (SSSR count). The number of anilines is 1. The molecule has 2 aromatic heterocycles. The lowest BCUT2D eigenvalue weighted by Crippen LogP contribution is -2.10. The van der Waals surface area contributed by atoms with Crippen LogP contribution in [0.2, 0.25) is 0 Å². The second-order valence-electron chi connectivity index (χ2n) is 5.46. The number of hydrogen-bond donors (Lipinski definition) is 2. The van der Waals surface area contributed by atoms with Crippen LogP contribution in [0.15, 0.2) is 57.9 Å². The van der Waals surface area contributed by atoms with Gasteiger partial charge in [0.15, 0.2) is 5.82 Å². The number of hydrogen-bond acceptors (Lipinski definition) is 4.